The summed E-state index contributed by atoms with van der Waals surface area (Å²) in [6.45, 7) is 0. The Labute approximate surface area is 108 Å². The number of nitrogens with zero attached hydrogens (tertiary/aromatic N) is 1. The molecular weight excluding hydrogens is 263 g/mol. The molecule has 0 aromatic carbocycles. The second-order valence-electron chi connectivity index (χ2n) is 5.29. The Morgan fingerprint density at radius 3 is 2.42 bits per heavy atom. The van der Waals surface area contributed by atoms with Gasteiger partial charge in [0.2, 0.25) is 5.91 Å². The molecule has 7 heteroatoms. The lowest BCUT2D eigenvalue weighted by molar-refractivity contribution is -0.167. The number of carboxylic acid groups (broad SMARTS) is 1. The predicted octanol–water partition coefficient (Wildman–Crippen LogP) is 2.18. The van der Waals surface area contributed by atoms with E-state index in [0.717, 1.165) is 24.2 Å². The van der Waals surface area contributed by atoms with E-state index in [9.17, 15) is 22.8 Å². The molecule has 0 radical (unpaired) electrons. The molecule has 0 aromatic rings. The summed E-state index contributed by atoms with van der Waals surface area (Å²) in [5.41, 5.74) is 0. The number of fused-ring (bicyclic) bond motifs is 1. The molecule has 2 aliphatic rings. The molecule has 1 N–H and O–H groups in total. The number of rotatable bonds is 2. The summed E-state index contributed by atoms with van der Waals surface area (Å²) in [7, 11) is 0. The Morgan fingerprint density at radius 2 is 1.84 bits per heavy atom. The zero-order valence-electron chi connectivity index (χ0n) is 10.3. The quantitative estimate of drug-likeness (QED) is 0.843. The van der Waals surface area contributed by atoms with Crippen molar-refractivity contribution in [1.29, 1.82) is 0 Å². The minimum absolute atomic E-state index is 0.0343. The van der Waals surface area contributed by atoms with Crippen molar-refractivity contribution in [3.63, 3.8) is 0 Å². The van der Waals surface area contributed by atoms with Gasteiger partial charge in [-0.25, -0.2) is 4.79 Å². The Morgan fingerprint density at radius 1 is 1.21 bits per heavy atom. The third-order valence-corrected chi connectivity index (χ3v) is 4.01. The molecule has 108 valence electrons. The number of alkyl halides is 3. The maximum Gasteiger partial charge on any atom is 0.397 e. The highest BCUT2D eigenvalue weighted by atomic mass is 19.4. The molecule has 0 bridgehead atoms. The number of aliphatic carboxylic acids is 1. The number of hydrogen-bond acceptors (Lipinski definition) is 2. The van der Waals surface area contributed by atoms with Gasteiger partial charge in [0.05, 0.1) is 0 Å². The third-order valence-electron chi connectivity index (χ3n) is 4.01. The molecule has 19 heavy (non-hydrogen) atoms. The fraction of sp³-hybridized carbons (Fsp3) is 0.833. The fourth-order valence-electron chi connectivity index (χ4n) is 3.30. The zero-order valence-corrected chi connectivity index (χ0v) is 10.3. The summed E-state index contributed by atoms with van der Waals surface area (Å²) in [6.07, 6.45) is -2.68. The van der Waals surface area contributed by atoms with Gasteiger partial charge in [-0.2, -0.15) is 13.2 Å². The largest absolute Gasteiger partial charge is 0.480 e. The summed E-state index contributed by atoms with van der Waals surface area (Å²) in [4.78, 5) is 23.9. The molecule has 0 spiro atoms. The van der Waals surface area contributed by atoms with Gasteiger partial charge in [0.1, 0.15) is 12.5 Å². The molecule has 0 aromatic heterocycles. The summed E-state index contributed by atoms with van der Waals surface area (Å²) < 4.78 is 37.0. The average molecular weight is 279 g/mol. The number of hydrogen-bond donors (Lipinski definition) is 1. The van der Waals surface area contributed by atoms with Gasteiger partial charge in [0, 0.05) is 6.04 Å². The van der Waals surface area contributed by atoms with E-state index in [1.807, 2.05) is 0 Å². The van der Waals surface area contributed by atoms with Gasteiger partial charge in [0.25, 0.3) is 0 Å². The highest BCUT2D eigenvalue weighted by Crippen LogP contribution is 2.40. The molecule has 1 saturated carbocycles. The first-order chi connectivity index (χ1) is 8.79. The van der Waals surface area contributed by atoms with Crippen LogP contribution in [0.25, 0.3) is 0 Å². The van der Waals surface area contributed by atoms with E-state index in [1.165, 1.54) is 0 Å². The van der Waals surface area contributed by atoms with Crippen LogP contribution in [0, 0.1) is 5.92 Å². The van der Waals surface area contributed by atoms with E-state index in [4.69, 9.17) is 5.11 Å². The average Bonchev–Trinajstić information content (AvgIpc) is 2.65. The Bertz CT molecular complexity index is 383. The van der Waals surface area contributed by atoms with Crippen molar-refractivity contribution in [2.75, 3.05) is 0 Å². The molecule has 1 saturated heterocycles. The molecule has 2 rings (SSSR count). The Kier molecular flexibility index (Phi) is 3.73. The second-order valence-corrected chi connectivity index (χ2v) is 5.29. The summed E-state index contributed by atoms with van der Waals surface area (Å²) in [5, 5.41) is 9.10. The van der Waals surface area contributed by atoms with Gasteiger partial charge in [0.15, 0.2) is 0 Å². The van der Waals surface area contributed by atoms with Crippen molar-refractivity contribution >= 4 is 11.9 Å². The summed E-state index contributed by atoms with van der Waals surface area (Å²) in [6, 6.07) is -1.42. The molecule has 1 amide bonds. The van der Waals surface area contributed by atoms with Gasteiger partial charge < -0.3 is 10.0 Å². The van der Waals surface area contributed by atoms with Crippen LogP contribution in [0.3, 0.4) is 0 Å². The monoisotopic (exact) mass is 279 g/mol. The Hall–Kier alpha value is -1.27. The van der Waals surface area contributed by atoms with E-state index in [1.54, 1.807) is 0 Å². The molecule has 1 aliphatic heterocycles. The molecular formula is C12H16F3NO3. The van der Waals surface area contributed by atoms with Crippen LogP contribution in [0.4, 0.5) is 13.2 Å². The standard InChI is InChI=1S/C12H16F3NO3/c13-12(14,15)6-10(17)16-8-4-2-1-3-7(8)5-9(16)11(18)19/h7-9H,1-6H2,(H,18,19)/t7-,8+,9-/m0/s1. The van der Waals surface area contributed by atoms with Gasteiger partial charge >= 0.3 is 12.1 Å². The predicted molar refractivity (Wildman–Crippen MR) is 59.3 cm³/mol. The molecule has 2 fully saturated rings. The van der Waals surface area contributed by atoms with Gasteiger partial charge in [-0.1, -0.05) is 12.8 Å². The smallest absolute Gasteiger partial charge is 0.397 e. The van der Waals surface area contributed by atoms with Crippen LogP contribution in [-0.4, -0.2) is 40.1 Å². The van der Waals surface area contributed by atoms with Crippen molar-refractivity contribution in [1.82, 2.24) is 4.90 Å². The minimum atomic E-state index is -4.59. The number of carbonyl (C=O) groups is 2. The fourth-order valence-corrected chi connectivity index (χ4v) is 3.30. The number of carboxylic acids is 1. The van der Waals surface area contributed by atoms with Crippen LogP contribution in [-0.2, 0) is 9.59 Å². The topological polar surface area (TPSA) is 57.6 Å². The van der Waals surface area contributed by atoms with Crippen LogP contribution in [0.15, 0.2) is 0 Å². The number of likely N-dealkylation sites (tertiary alicyclic amines) is 1. The van der Waals surface area contributed by atoms with Crippen LogP contribution >= 0.6 is 0 Å². The van der Waals surface area contributed by atoms with Gasteiger partial charge in [-0.05, 0) is 25.2 Å². The van der Waals surface area contributed by atoms with Crippen molar-refractivity contribution in [3.05, 3.63) is 0 Å². The molecule has 1 heterocycles. The molecule has 4 nitrogen and oxygen atoms in total. The molecule has 1 aliphatic carbocycles. The lowest BCUT2D eigenvalue weighted by atomic mass is 9.84. The van der Waals surface area contributed by atoms with Crippen LogP contribution in [0.2, 0.25) is 0 Å². The summed E-state index contributed by atoms with van der Waals surface area (Å²) in [5.74, 6) is -2.27. The van der Waals surface area contributed by atoms with Gasteiger partial charge in [-0.15, -0.1) is 0 Å². The minimum Gasteiger partial charge on any atom is -0.480 e. The first-order valence-electron chi connectivity index (χ1n) is 6.40. The Balaban J connectivity index is 2.17. The van der Waals surface area contributed by atoms with Crippen LogP contribution in [0.5, 0.6) is 0 Å². The van der Waals surface area contributed by atoms with Crippen LogP contribution < -0.4 is 0 Å². The van der Waals surface area contributed by atoms with Crippen molar-refractivity contribution in [3.8, 4) is 0 Å². The van der Waals surface area contributed by atoms with Crippen LogP contribution in [0.1, 0.15) is 38.5 Å². The first-order valence-corrected chi connectivity index (χ1v) is 6.40. The maximum absolute atomic E-state index is 12.3. The summed E-state index contributed by atoms with van der Waals surface area (Å²) >= 11 is 0. The maximum atomic E-state index is 12.3. The zero-order chi connectivity index (χ0) is 14.2. The molecule has 0 unspecified atom stereocenters. The SMILES string of the molecule is O=C(O)[C@@H]1C[C@@H]2CCCC[C@H]2N1C(=O)CC(F)(F)F. The number of carbonyl (C=O) groups excluding carboxylic acids is 1. The highest BCUT2D eigenvalue weighted by molar-refractivity contribution is 5.85. The van der Waals surface area contributed by atoms with E-state index >= 15 is 0 Å². The third kappa shape index (κ3) is 3.01. The number of halogens is 3. The van der Waals surface area contributed by atoms with Crippen molar-refractivity contribution < 1.29 is 27.9 Å². The van der Waals surface area contributed by atoms with Crippen molar-refractivity contribution in [2.45, 2.75) is 56.8 Å². The molecule has 3 atom stereocenters. The second kappa shape index (κ2) is 5.02. The lowest BCUT2D eigenvalue weighted by Gasteiger charge is -2.33. The first kappa shape index (κ1) is 14.1. The van der Waals surface area contributed by atoms with E-state index in [2.05, 4.69) is 0 Å². The van der Waals surface area contributed by atoms with Gasteiger partial charge in [-0.3, -0.25) is 4.79 Å². The highest BCUT2D eigenvalue weighted by Gasteiger charge is 2.49. The number of amides is 1. The normalized spacial score (nSPS) is 31.1. The van der Waals surface area contributed by atoms with E-state index in [0.29, 0.717) is 6.42 Å². The van der Waals surface area contributed by atoms with E-state index < -0.39 is 30.5 Å². The van der Waals surface area contributed by atoms with Crippen molar-refractivity contribution in [2.24, 2.45) is 5.92 Å². The van der Waals surface area contributed by atoms with E-state index in [-0.39, 0.29) is 18.4 Å². The lowest BCUT2D eigenvalue weighted by Crippen LogP contribution is -2.47.